The normalized spacial score (nSPS) is 15.0. The molecular weight excluding hydrogens is 204 g/mol. The fourth-order valence-corrected chi connectivity index (χ4v) is 1.36. The lowest BCUT2D eigenvalue weighted by molar-refractivity contribution is 0.227. The van der Waals surface area contributed by atoms with Crippen LogP contribution in [0.5, 0.6) is 6.08 Å². The average Bonchev–Trinajstić information content (AvgIpc) is 3.02. The van der Waals surface area contributed by atoms with Gasteiger partial charge in [-0.05, 0) is 25.7 Å². The zero-order chi connectivity index (χ0) is 11.2. The summed E-state index contributed by atoms with van der Waals surface area (Å²) in [4.78, 5) is 4.23. The van der Waals surface area contributed by atoms with E-state index < -0.39 is 0 Å². The molecule has 1 fully saturated rings. The van der Waals surface area contributed by atoms with Crippen LogP contribution in [0.25, 0.3) is 0 Å². The van der Waals surface area contributed by atoms with Gasteiger partial charge in [0.15, 0.2) is 0 Å². The van der Waals surface area contributed by atoms with E-state index in [0.29, 0.717) is 18.7 Å². The number of ether oxygens (including phenoxy) is 1. The number of unbranched alkanes of at least 4 members (excludes halogenated alkanes) is 1. The molecule has 1 saturated carbocycles. The van der Waals surface area contributed by atoms with Gasteiger partial charge in [0.05, 0.1) is 12.3 Å². The highest BCUT2D eigenvalue weighted by Gasteiger charge is 2.20. The first-order valence-electron chi connectivity index (χ1n) is 5.80. The van der Waals surface area contributed by atoms with Gasteiger partial charge in [0.1, 0.15) is 6.26 Å². The summed E-state index contributed by atoms with van der Waals surface area (Å²) in [6.07, 6.45) is 8.36. The SMILES string of the molecule is C=CCCCOc1nc(CNC2CC2)co1. The molecule has 1 aromatic heterocycles. The van der Waals surface area contributed by atoms with Crippen LogP contribution in [0.4, 0.5) is 0 Å². The van der Waals surface area contributed by atoms with Gasteiger partial charge in [0.2, 0.25) is 0 Å². The molecule has 4 heteroatoms. The molecule has 0 spiro atoms. The van der Waals surface area contributed by atoms with Gasteiger partial charge < -0.3 is 14.5 Å². The van der Waals surface area contributed by atoms with Gasteiger partial charge in [0.25, 0.3) is 0 Å². The zero-order valence-corrected chi connectivity index (χ0v) is 9.45. The summed E-state index contributed by atoms with van der Waals surface area (Å²) >= 11 is 0. The molecule has 0 atom stereocenters. The van der Waals surface area contributed by atoms with Gasteiger partial charge in [0, 0.05) is 12.6 Å². The van der Waals surface area contributed by atoms with Crippen molar-refractivity contribution < 1.29 is 9.15 Å². The quantitative estimate of drug-likeness (QED) is 0.541. The van der Waals surface area contributed by atoms with Gasteiger partial charge >= 0.3 is 6.08 Å². The largest absolute Gasteiger partial charge is 0.450 e. The number of aromatic nitrogens is 1. The molecule has 0 saturated heterocycles. The second kappa shape index (κ2) is 5.70. The van der Waals surface area contributed by atoms with Crippen molar-refractivity contribution in [3.05, 3.63) is 24.6 Å². The maximum absolute atomic E-state index is 5.36. The molecular formula is C12H18N2O2. The van der Waals surface area contributed by atoms with E-state index in [4.69, 9.17) is 9.15 Å². The first-order valence-corrected chi connectivity index (χ1v) is 5.80. The van der Waals surface area contributed by atoms with Crippen molar-refractivity contribution >= 4 is 0 Å². The van der Waals surface area contributed by atoms with Crippen LogP contribution in [0.1, 0.15) is 31.4 Å². The van der Waals surface area contributed by atoms with Crippen LogP contribution in [-0.4, -0.2) is 17.6 Å². The summed E-state index contributed by atoms with van der Waals surface area (Å²) in [6.45, 7) is 5.05. The minimum atomic E-state index is 0.372. The van der Waals surface area contributed by atoms with Gasteiger partial charge in [-0.2, -0.15) is 4.98 Å². The maximum atomic E-state index is 5.36. The van der Waals surface area contributed by atoms with Crippen molar-refractivity contribution in [2.75, 3.05) is 6.61 Å². The molecule has 1 heterocycles. The molecule has 88 valence electrons. The van der Waals surface area contributed by atoms with Gasteiger partial charge in [-0.15, -0.1) is 6.58 Å². The van der Waals surface area contributed by atoms with Crippen LogP contribution in [0.3, 0.4) is 0 Å². The van der Waals surface area contributed by atoms with Crippen molar-refractivity contribution in [2.24, 2.45) is 0 Å². The van der Waals surface area contributed by atoms with Crippen LogP contribution in [0, 0.1) is 0 Å². The molecule has 1 aliphatic carbocycles. The fraction of sp³-hybridized carbons (Fsp3) is 0.583. The van der Waals surface area contributed by atoms with Gasteiger partial charge in [-0.25, -0.2) is 0 Å². The third-order valence-electron chi connectivity index (χ3n) is 2.46. The Labute approximate surface area is 95.7 Å². The Morgan fingerprint density at radius 1 is 1.62 bits per heavy atom. The molecule has 16 heavy (non-hydrogen) atoms. The number of rotatable bonds is 8. The van der Waals surface area contributed by atoms with Crippen molar-refractivity contribution in [3.8, 4) is 6.08 Å². The van der Waals surface area contributed by atoms with E-state index in [0.717, 1.165) is 25.1 Å². The molecule has 1 N–H and O–H groups in total. The van der Waals surface area contributed by atoms with Crippen LogP contribution in [0.2, 0.25) is 0 Å². The lowest BCUT2D eigenvalue weighted by atomic mass is 10.3. The van der Waals surface area contributed by atoms with Crippen LogP contribution in [0.15, 0.2) is 23.3 Å². The highest BCUT2D eigenvalue weighted by Crippen LogP contribution is 2.19. The van der Waals surface area contributed by atoms with E-state index in [9.17, 15) is 0 Å². The summed E-state index contributed by atoms with van der Waals surface area (Å²) in [5.41, 5.74) is 0.908. The van der Waals surface area contributed by atoms with Crippen LogP contribution in [-0.2, 0) is 6.54 Å². The number of allylic oxidation sites excluding steroid dienone is 1. The molecule has 0 radical (unpaired) electrons. The second-order valence-corrected chi connectivity index (χ2v) is 4.04. The van der Waals surface area contributed by atoms with E-state index in [1.165, 1.54) is 12.8 Å². The Bertz CT molecular complexity index is 332. The second-order valence-electron chi connectivity index (χ2n) is 4.04. The molecule has 1 aromatic rings. The third-order valence-corrected chi connectivity index (χ3v) is 2.46. The molecule has 2 rings (SSSR count). The summed E-state index contributed by atoms with van der Waals surface area (Å²) in [5.74, 6) is 0. The topological polar surface area (TPSA) is 47.3 Å². The van der Waals surface area contributed by atoms with E-state index in [1.54, 1.807) is 6.26 Å². The number of oxazole rings is 1. The molecule has 0 unspecified atom stereocenters. The summed E-state index contributed by atoms with van der Waals surface area (Å²) in [7, 11) is 0. The maximum Gasteiger partial charge on any atom is 0.393 e. The van der Waals surface area contributed by atoms with E-state index in [2.05, 4.69) is 16.9 Å². The first kappa shape index (κ1) is 11.2. The number of nitrogens with one attached hydrogen (secondary N) is 1. The third kappa shape index (κ3) is 3.70. The standard InChI is InChI=1S/C12H18N2O2/c1-2-3-4-7-15-12-14-11(9-16-12)8-13-10-5-6-10/h2,9-10,13H,1,3-8H2. The number of hydrogen-bond acceptors (Lipinski definition) is 4. The molecule has 0 bridgehead atoms. The van der Waals surface area contributed by atoms with E-state index in [-0.39, 0.29) is 0 Å². The van der Waals surface area contributed by atoms with Gasteiger partial charge in [-0.1, -0.05) is 6.08 Å². The Kier molecular flexibility index (Phi) is 3.99. The Morgan fingerprint density at radius 2 is 2.50 bits per heavy atom. The number of nitrogens with zero attached hydrogens (tertiary/aromatic N) is 1. The first-order chi connectivity index (χ1) is 7.88. The van der Waals surface area contributed by atoms with E-state index >= 15 is 0 Å². The van der Waals surface area contributed by atoms with Crippen molar-refractivity contribution in [1.82, 2.24) is 10.3 Å². The molecule has 0 aromatic carbocycles. The lowest BCUT2D eigenvalue weighted by Crippen LogP contribution is -2.15. The van der Waals surface area contributed by atoms with Crippen molar-refractivity contribution in [3.63, 3.8) is 0 Å². The van der Waals surface area contributed by atoms with Gasteiger partial charge in [-0.3, -0.25) is 0 Å². The fourth-order valence-electron chi connectivity index (χ4n) is 1.36. The monoisotopic (exact) mass is 222 g/mol. The zero-order valence-electron chi connectivity index (χ0n) is 9.45. The highest BCUT2D eigenvalue weighted by atomic mass is 16.6. The van der Waals surface area contributed by atoms with E-state index in [1.807, 2.05) is 6.08 Å². The molecule has 0 amide bonds. The van der Waals surface area contributed by atoms with Crippen molar-refractivity contribution in [1.29, 1.82) is 0 Å². The average molecular weight is 222 g/mol. The predicted octanol–water partition coefficient (Wildman–Crippen LogP) is 2.27. The molecule has 0 aliphatic heterocycles. The Morgan fingerprint density at radius 3 is 3.25 bits per heavy atom. The van der Waals surface area contributed by atoms with Crippen molar-refractivity contribution in [2.45, 2.75) is 38.3 Å². The lowest BCUT2D eigenvalue weighted by Gasteiger charge is -1.98. The summed E-state index contributed by atoms with van der Waals surface area (Å²) in [6, 6.07) is 0.689. The molecule has 4 nitrogen and oxygen atoms in total. The molecule has 1 aliphatic rings. The Hall–Kier alpha value is -1.29. The predicted molar refractivity (Wildman–Crippen MR) is 61.3 cm³/mol. The minimum Gasteiger partial charge on any atom is -0.450 e. The highest BCUT2D eigenvalue weighted by molar-refractivity contribution is 5.00. The summed E-state index contributed by atoms with van der Waals surface area (Å²) < 4.78 is 10.6. The number of hydrogen-bond donors (Lipinski definition) is 1. The summed E-state index contributed by atoms with van der Waals surface area (Å²) in [5, 5.41) is 3.37. The minimum absolute atomic E-state index is 0.372. The van der Waals surface area contributed by atoms with Crippen LogP contribution >= 0.6 is 0 Å². The Balaban J connectivity index is 1.66. The smallest absolute Gasteiger partial charge is 0.393 e. The van der Waals surface area contributed by atoms with Crippen LogP contribution < -0.4 is 10.1 Å².